The van der Waals surface area contributed by atoms with Gasteiger partial charge in [-0.3, -0.25) is 9.59 Å². The van der Waals surface area contributed by atoms with Crippen LogP contribution >= 0.6 is 0 Å². The van der Waals surface area contributed by atoms with Crippen molar-refractivity contribution in [2.24, 2.45) is 0 Å². The molecule has 1 fully saturated rings. The highest BCUT2D eigenvalue weighted by Gasteiger charge is 2.30. The molecule has 0 bridgehead atoms. The van der Waals surface area contributed by atoms with Gasteiger partial charge in [0.25, 0.3) is 11.5 Å². The highest BCUT2D eigenvalue weighted by molar-refractivity contribution is 5.97. The molecule has 1 saturated heterocycles. The van der Waals surface area contributed by atoms with Crippen LogP contribution in [0, 0.1) is 0 Å². The Kier molecular flexibility index (Phi) is 5.72. The van der Waals surface area contributed by atoms with Crippen molar-refractivity contribution in [3.8, 4) is 11.5 Å². The minimum absolute atomic E-state index is 0.128. The summed E-state index contributed by atoms with van der Waals surface area (Å²) in [7, 11) is 3.16. The van der Waals surface area contributed by atoms with E-state index in [4.69, 9.17) is 14.2 Å². The van der Waals surface area contributed by atoms with E-state index >= 15 is 0 Å². The molecule has 1 atom stereocenters. The molecule has 1 aliphatic rings. The number of ether oxygens (including phenoxy) is 3. The van der Waals surface area contributed by atoms with Crippen LogP contribution in [0.5, 0.6) is 11.5 Å². The number of carbonyl (C=O) groups is 1. The van der Waals surface area contributed by atoms with Gasteiger partial charge in [0.1, 0.15) is 17.6 Å². The van der Waals surface area contributed by atoms with Crippen LogP contribution in [-0.4, -0.2) is 37.8 Å². The van der Waals surface area contributed by atoms with E-state index in [1.54, 1.807) is 31.3 Å². The number of aromatic amines is 1. The average molecular weight is 408 g/mol. The van der Waals surface area contributed by atoms with Crippen molar-refractivity contribution < 1.29 is 19.0 Å². The lowest BCUT2D eigenvalue weighted by atomic mass is 10.1. The molecule has 30 heavy (non-hydrogen) atoms. The van der Waals surface area contributed by atoms with E-state index in [0.29, 0.717) is 41.3 Å². The van der Waals surface area contributed by atoms with Crippen molar-refractivity contribution in [2.75, 3.05) is 25.7 Å². The van der Waals surface area contributed by atoms with Crippen LogP contribution in [0.2, 0.25) is 0 Å². The van der Waals surface area contributed by atoms with Gasteiger partial charge in [0.2, 0.25) is 0 Å². The Balaban J connectivity index is 1.73. The molecule has 0 spiro atoms. The normalized spacial score (nSPS) is 15.9. The molecule has 2 aromatic carbocycles. The van der Waals surface area contributed by atoms with E-state index in [1.165, 1.54) is 0 Å². The maximum Gasteiger partial charge on any atom is 0.256 e. The molecule has 1 N–H and O–H groups in total. The summed E-state index contributed by atoms with van der Waals surface area (Å²) in [6, 6.07) is 14.5. The summed E-state index contributed by atoms with van der Waals surface area (Å²) in [5, 5.41) is 0.862. The number of carbonyl (C=O) groups excluding carboxylic acids is 1. The fourth-order valence-electron chi connectivity index (χ4n) is 3.66. The molecule has 7 heteroatoms. The molecule has 7 nitrogen and oxygen atoms in total. The summed E-state index contributed by atoms with van der Waals surface area (Å²) in [4.78, 5) is 30.5. The number of nitrogens with zero attached hydrogens (tertiary/aromatic N) is 1. The number of amides is 1. The molecule has 1 amide bonds. The predicted octanol–water partition coefficient (Wildman–Crippen LogP) is 3.26. The van der Waals surface area contributed by atoms with E-state index in [-0.39, 0.29) is 18.0 Å². The lowest BCUT2D eigenvalue weighted by Crippen LogP contribution is -2.39. The van der Waals surface area contributed by atoms with Crippen LogP contribution in [0.3, 0.4) is 0 Å². The monoisotopic (exact) mass is 408 g/mol. The highest BCUT2D eigenvalue weighted by atomic mass is 16.5. The molecule has 3 aromatic rings. The molecule has 1 aliphatic heterocycles. The lowest BCUT2D eigenvalue weighted by molar-refractivity contribution is -0.127. The Bertz CT molecular complexity index is 1120. The zero-order valence-corrected chi connectivity index (χ0v) is 17.0. The van der Waals surface area contributed by atoms with Crippen LogP contribution in [0.4, 0.5) is 5.69 Å². The third-order valence-corrected chi connectivity index (χ3v) is 5.29. The van der Waals surface area contributed by atoms with Gasteiger partial charge in [-0.1, -0.05) is 6.07 Å². The highest BCUT2D eigenvalue weighted by Crippen LogP contribution is 2.26. The number of benzene rings is 2. The number of methoxy groups -OCH3 is 2. The number of fused-ring (bicyclic) bond motifs is 1. The molecule has 0 radical (unpaired) electrons. The van der Waals surface area contributed by atoms with Gasteiger partial charge in [-0.15, -0.1) is 0 Å². The Labute approximate surface area is 174 Å². The fourth-order valence-corrected chi connectivity index (χ4v) is 3.66. The first-order valence-corrected chi connectivity index (χ1v) is 9.86. The zero-order chi connectivity index (χ0) is 21.1. The quantitative estimate of drug-likeness (QED) is 0.677. The average Bonchev–Trinajstić information content (AvgIpc) is 3.32. The van der Waals surface area contributed by atoms with Crippen molar-refractivity contribution in [1.29, 1.82) is 0 Å². The fraction of sp³-hybridized carbons (Fsp3) is 0.304. The summed E-state index contributed by atoms with van der Waals surface area (Å²) < 4.78 is 16.2. The minimum atomic E-state index is -0.500. The van der Waals surface area contributed by atoms with E-state index in [0.717, 1.165) is 11.8 Å². The lowest BCUT2D eigenvalue weighted by Gasteiger charge is -2.25. The number of hydrogen-bond donors (Lipinski definition) is 1. The summed E-state index contributed by atoms with van der Waals surface area (Å²) in [5.41, 5.74) is 1.58. The van der Waals surface area contributed by atoms with Crippen molar-refractivity contribution in [3.05, 3.63) is 64.4 Å². The molecule has 2 heterocycles. The summed E-state index contributed by atoms with van der Waals surface area (Å²) >= 11 is 0. The Morgan fingerprint density at radius 1 is 1.13 bits per heavy atom. The first-order chi connectivity index (χ1) is 14.6. The van der Waals surface area contributed by atoms with Crippen LogP contribution in [0.15, 0.2) is 53.3 Å². The minimum Gasteiger partial charge on any atom is -0.497 e. The maximum atomic E-state index is 13.2. The number of nitrogens with one attached hydrogen (secondary N) is 1. The number of pyridine rings is 1. The second-order valence-corrected chi connectivity index (χ2v) is 7.20. The first-order valence-electron chi connectivity index (χ1n) is 9.86. The zero-order valence-electron chi connectivity index (χ0n) is 17.0. The van der Waals surface area contributed by atoms with Crippen LogP contribution < -0.4 is 19.9 Å². The van der Waals surface area contributed by atoms with Gasteiger partial charge in [-0.25, -0.2) is 0 Å². The van der Waals surface area contributed by atoms with E-state index in [2.05, 4.69) is 4.98 Å². The van der Waals surface area contributed by atoms with Gasteiger partial charge in [-0.2, -0.15) is 0 Å². The molecule has 0 aliphatic carbocycles. The maximum absolute atomic E-state index is 13.2. The predicted molar refractivity (Wildman–Crippen MR) is 114 cm³/mol. The smallest absolute Gasteiger partial charge is 0.256 e. The molecule has 0 unspecified atom stereocenters. The standard InChI is InChI=1S/C23H24N2O5/c1-28-18-6-3-5-17(12-18)25(23(27)21-7-4-10-30-21)14-16-11-15-8-9-19(29-2)13-20(15)24-22(16)26/h3,5-6,8-9,11-13,21H,4,7,10,14H2,1-2H3,(H,24,26)/t21-/m1/s1. The van der Waals surface area contributed by atoms with Crippen LogP contribution in [-0.2, 0) is 16.1 Å². The van der Waals surface area contributed by atoms with Gasteiger partial charge < -0.3 is 24.1 Å². The summed E-state index contributed by atoms with van der Waals surface area (Å²) in [6.07, 6.45) is 1.02. The molecule has 0 saturated carbocycles. The van der Waals surface area contributed by atoms with Gasteiger partial charge in [0.05, 0.1) is 26.3 Å². The third kappa shape index (κ3) is 4.02. The van der Waals surface area contributed by atoms with Crippen molar-refractivity contribution in [1.82, 2.24) is 4.98 Å². The molecule has 1 aromatic heterocycles. The Hall–Kier alpha value is -3.32. The number of H-pyrrole nitrogens is 1. The van der Waals surface area contributed by atoms with Gasteiger partial charge in [-0.05, 0) is 48.6 Å². The van der Waals surface area contributed by atoms with E-state index in [1.807, 2.05) is 36.4 Å². The van der Waals surface area contributed by atoms with E-state index < -0.39 is 6.10 Å². The topological polar surface area (TPSA) is 80.9 Å². The number of hydrogen-bond acceptors (Lipinski definition) is 5. The second-order valence-electron chi connectivity index (χ2n) is 7.20. The van der Waals surface area contributed by atoms with Crippen LogP contribution in [0.1, 0.15) is 18.4 Å². The first kappa shape index (κ1) is 20.0. The number of aromatic nitrogens is 1. The molecule has 4 rings (SSSR count). The van der Waals surface area contributed by atoms with Crippen LogP contribution in [0.25, 0.3) is 10.9 Å². The SMILES string of the molecule is COc1cccc(N(Cc2cc3ccc(OC)cc3[nH]c2=O)C(=O)[C@H]2CCCO2)c1. The van der Waals surface area contributed by atoms with Crippen molar-refractivity contribution in [3.63, 3.8) is 0 Å². The second kappa shape index (κ2) is 8.59. The van der Waals surface area contributed by atoms with Gasteiger partial charge >= 0.3 is 0 Å². The number of rotatable bonds is 6. The van der Waals surface area contributed by atoms with Crippen molar-refractivity contribution >= 4 is 22.5 Å². The third-order valence-electron chi connectivity index (χ3n) is 5.29. The molecular formula is C23H24N2O5. The van der Waals surface area contributed by atoms with Gasteiger partial charge in [0, 0.05) is 30.0 Å². The van der Waals surface area contributed by atoms with Gasteiger partial charge in [0.15, 0.2) is 0 Å². The largest absolute Gasteiger partial charge is 0.497 e. The Morgan fingerprint density at radius 3 is 2.67 bits per heavy atom. The summed E-state index contributed by atoms with van der Waals surface area (Å²) in [6.45, 7) is 0.698. The molecular weight excluding hydrogens is 384 g/mol. The van der Waals surface area contributed by atoms with Crippen molar-refractivity contribution in [2.45, 2.75) is 25.5 Å². The Morgan fingerprint density at radius 2 is 1.93 bits per heavy atom. The molecule has 156 valence electrons. The number of anilines is 1. The van der Waals surface area contributed by atoms with E-state index in [9.17, 15) is 9.59 Å². The summed E-state index contributed by atoms with van der Waals surface area (Å²) in [5.74, 6) is 1.14.